The minimum absolute atomic E-state index is 0.174. The lowest BCUT2D eigenvalue weighted by Gasteiger charge is -1.98. The van der Waals surface area contributed by atoms with Crippen LogP contribution < -0.4 is 0 Å². The van der Waals surface area contributed by atoms with Crippen LogP contribution in [-0.4, -0.2) is 0 Å². The number of hydrogen-bond acceptors (Lipinski definition) is 0. The molecule has 1 rings (SSSR count). The lowest BCUT2D eigenvalue weighted by molar-refractivity contribution is 0.619. The van der Waals surface area contributed by atoms with Gasteiger partial charge in [0, 0.05) is 6.42 Å². The number of hydrogen-bond donors (Lipinski definition) is 0. The molecule has 0 amide bonds. The van der Waals surface area contributed by atoms with Crippen molar-refractivity contribution in [1.82, 2.24) is 0 Å². The lowest BCUT2D eigenvalue weighted by Crippen LogP contribution is -1.80. The largest absolute Gasteiger partial charge is 0.202 e. The van der Waals surface area contributed by atoms with Gasteiger partial charge in [0.25, 0.3) is 0 Å². The van der Waals surface area contributed by atoms with Gasteiger partial charge in [-0.3, -0.25) is 0 Å². The highest BCUT2D eigenvalue weighted by molar-refractivity contribution is 5.31. The first kappa shape index (κ1) is 9.02. The van der Waals surface area contributed by atoms with Gasteiger partial charge >= 0.3 is 0 Å². The maximum atomic E-state index is 12.9. The van der Waals surface area contributed by atoms with E-state index in [0.29, 0.717) is 6.42 Å². The van der Waals surface area contributed by atoms with Crippen molar-refractivity contribution in [1.29, 1.82) is 0 Å². The average molecular weight is 164 g/mol. The summed E-state index contributed by atoms with van der Waals surface area (Å²) in [6, 6.07) is 0. The molecule has 1 aliphatic carbocycles. The van der Waals surface area contributed by atoms with Gasteiger partial charge in [0.15, 0.2) is 0 Å². The van der Waals surface area contributed by atoms with Gasteiger partial charge in [0.05, 0.1) is 0 Å². The van der Waals surface area contributed by atoms with Crippen molar-refractivity contribution in [2.45, 2.75) is 26.7 Å². The van der Waals surface area contributed by atoms with Gasteiger partial charge in [-0.15, -0.1) is 0 Å². The molecule has 0 aromatic heterocycles. The highest BCUT2D eigenvalue weighted by Gasteiger charge is 1.96. The summed E-state index contributed by atoms with van der Waals surface area (Å²) in [4.78, 5) is 0. The van der Waals surface area contributed by atoms with Crippen LogP contribution in [0.1, 0.15) is 26.7 Å². The molecule has 64 valence electrons. The summed E-state index contributed by atoms with van der Waals surface area (Å²) in [5, 5.41) is 0. The van der Waals surface area contributed by atoms with Gasteiger partial charge in [0.2, 0.25) is 0 Å². The lowest BCUT2D eigenvalue weighted by atomic mass is 10.1. The third kappa shape index (κ3) is 2.52. The fourth-order valence-corrected chi connectivity index (χ4v) is 1.12. The Labute approximate surface area is 72.8 Å². The predicted octanol–water partition coefficient (Wildman–Crippen LogP) is 3.68. The Morgan fingerprint density at radius 3 is 3.00 bits per heavy atom. The summed E-state index contributed by atoms with van der Waals surface area (Å²) < 4.78 is 12.9. The first-order chi connectivity index (χ1) is 5.72. The standard InChI is InChI=1S/C11H13F/c1-3-10-7-9(2)5-4-6-11(12)8-10/h4-5,7H,3,6H2,1-2H3/b5-4-,9-7?. The quantitative estimate of drug-likeness (QED) is 0.518. The van der Waals surface area contributed by atoms with E-state index in [1.807, 2.05) is 32.1 Å². The second-order valence-corrected chi connectivity index (χ2v) is 2.90. The molecule has 0 fully saturated rings. The SMILES string of the molecule is CCC1=C=C(F)C/C=C\C(C)=C1. The van der Waals surface area contributed by atoms with Gasteiger partial charge in [0.1, 0.15) is 5.83 Å². The number of halogens is 1. The molecule has 0 aliphatic heterocycles. The maximum absolute atomic E-state index is 12.9. The van der Waals surface area contributed by atoms with E-state index in [2.05, 4.69) is 5.73 Å². The van der Waals surface area contributed by atoms with Gasteiger partial charge in [-0.1, -0.05) is 30.4 Å². The molecule has 0 aromatic rings. The molecule has 0 saturated carbocycles. The molecule has 0 aromatic carbocycles. The van der Waals surface area contributed by atoms with Crippen LogP contribution in [0.2, 0.25) is 0 Å². The molecule has 0 heterocycles. The normalized spacial score (nSPS) is 20.1. The molecule has 0 N–H and O–H groups in total. The van der Waals surface area contributed by atoms with Gasteiger partial charge < -0.3 is 0 Å². The molecule has 0 atom stereocenters. The number of rotatable bonds is 1. The second-order valence-electron chi connectivity index (χ2n) is 2.90. The van der Waals surface area contributed by atoms with Crippen molar-refractivity contribution in [2.24, 2.45) is 0 Å². The minimum Gasteiger partial charge on any atom is -0.202 e. The van der Waals surface area contributed by atoms with Crippen molar-refractivity contribution in [3.63, 3.8) is 0 Å². The molecule has 0 spiro atoms. The highest BCUT2D eigenvalue weighted by Crippen LogP contribution is 2.13. The Hall–Kier alpha value is -1.07. The van der Waals surface area contributed by atoms with Crippen molar-refractivity contribution >= 4 is 0 Å². The molecule has 12 heavy (non-hydrogen) atoms. The summed E-state index contributed by atoms with van der Waals surface area (Å²) in [6.07, 6.45) is 6.93. The van der Waals surface area contributed by atoms with Crippen LogP contribution in [0.5, 0.6) is 0 Å². The zero-order valence-electron chi connectivity index (χ0n) is 7.52. The third-order valence-corrected chi connectivity index (χ3v) is 1.76. The average Bonchev–Trinajstić information content (AvgIpc) is 2.00. The van der Waals surface area contributed by atoms with Gasteiger partial charge in [-0.05, 0) is 25.0 Å². The van der Waals surface area contributed by atoms with Crippen LogP contribution in [0.25, 0.3) is 0 Å². The Morgan fingerprint density at radius 1 is 1.58 bits per heavy atom. The van der Waals surface area contributed by atoms with E-state index in [-0.39, 0.29) is 5.83 Å². The van der Waals surface area contributed by atoms with E-state index in [1.165, 1.54) is 0 Å². The summed E-state index contributed by atoms with van der Waals surface area (Å²) >= 11 is 0. The van der Waals surface area contributed by atoms with Crippen LogP contribution in [0.15, 0.2) is 40.9 Å². The van der Waals surface area contributed by atoms with E-state index < -0.39 is 0 Å². The fraction of sp³-hybridized carbons (Fsp3) is 0.364. The van der Waals surface area contributed by atoms with Crippen molar-refractivity contribution in [3.05, 3.63) is 40.9 Å². The van der Waals surface area contributed by atoms with Crippen LogP contribution in [0, 0.1) is 0 Å². The molecule has 0 radical (unpaired) electrons. The maximum Gasteiger partial charge on any atom is 0.146 e. The molecule has 0 unspecified atom stereocenters. The zero-order chi connectivity index (χ0) is 8.97. The van der Waals surface area contributed by atoms with Crippen molar-refractivity contribution in [2.75, 3.05) is 0 Å². The van der Waals surface area contributed by atoms with Crippen LogP contribution >= 0.6 is 0 Å². The first-order valence-corrected chi connectivity index (χ1v) is 4.21. The summed E-state index contributed by atoms with van der Waals surface area (Å²) in [5.74, 6) is -0.174. The molecule has 0 bridgehead atoms. The Bertz CT molecular complexity index is 286. The Kier molecular flexibility index (Phi) is 3.07. The van der Waals surface area contributed by atoms with Crippen molar-refractivity contribution in [3.8, 4) is 0 Å². The molecular weight excluding hydrogens is 151 g/mol. The molecule has 0 saturated heterocycles. The highest BCUT2D eigenvalue weighted by atomic mass is 19.1. The molecule has 0 nitrogen and oxygen atoms in total. The molecular formula is C11H13F. The third-order valence-electron chi connectivity index (χ3n) is 1.76. The van der Waals surface area contributed by atoms with E-state index in [0.717, 1.165) is 17.6 Å². The van der Waals surface area contributed by atoms with E-state index in [1.54, 1.807) is 0 Å². The summed E-state index contributed by atoms with van der Waals surface area (Å²) in [6.45, 7) is 4.02. The van der Waals surface area contributed by atoms with Gasteiger partial charge in [-0.25, -0.2) is 4.39 Å². The molecule has 1 aliphatic rings. The first-order valence-electron chi connectivity index (χ1n) is 4.21. The van der Waals surface area contributed by atoms with Crippen molar-refractivity contribution < 1.29 is 4.39 Å². The Balaban J connectivity index is 3.07. The van der Waals surface area contributed by atoms with Gasteiger partial charge in [-0.2, -0.15) is 0 Å². The Morgan fingerprint density at radius 2 is 2.33 bits per heavy atom. The topological polar surface area (TPSA) is 0 Å². The smallest absolute Gasteiger partial charge is 0.146 e. The summed E-state index contributed by atoms with van der Waals surface area (Å²) in [7, 11) is 0. The summed E-state index contributed by atoms with van der Waals surface area (Å²) in [5.41, 5.74) is 4.84. The van der Waals surface area contributed by atoms with E-state index >= 15 is 0 Å². The number of allylic oxidation sites excluding steroid dienone is 5. The van der Waals surface area contributed by atoms with E-state index in [9.17, 15) is 4.39 Å². The van der Waals surface area contributed by atoms with Crippen LogP contribution in [0.4, 0.5) is 4.39 Å². The van der Waals surface area contributed by atoms with E-state index in [4.69, 9.17) is 0 Å². The molecule has 1 heteroatoms. The van der Waals surface area contributed by atoms with Crippen LogP contribution in [0.3, 0.4) is 0 Å². The zero-order valence-corrected chi connectivity index (χ0v) is 7.52. The fourth-order valence-electron chi connectivity index (χ4n) is 1.12. The monoisotopic (exact) mass is 164 g/mol. The van der Waals surface area contributed by atoms with Crippen LogP contribution in [-0.2, 0) is 0 Å². The minimum atomic E-state index is -0.174. The second kappa shape index (κ2) is 4.08. The predicted molar refractivity (Wildman–Crippen MR) is 49.5 cm³/mol.